The Labute approximate surface area is 179 Å². The van der Waals surface area contributed by atoms with Crippen LogP contribution in [0.25, 0.3) is 0 Å². The summed E-state index contributed by atoms with van der Waals surface area (Å²) < 4.78 is 16.1. The Morgan fingerprint density at radius 2 is 1.68 bits per heavy atom. The Balaban J connectivity index is 1.30. The summed E-state index contributed by atoms with van der Waals surface area (Å²) in [4.78, 5) is 40.4. The zero-order valence-corrected chi connectivity index (χ0v) is 17.1. The standard InChI is InChI=1S/C22H23N3O6/c1-29-21(27)15-5-4-6-16(13-15)23-22(28)25-11-9-24(10-12-25)20(26)19-14-30-17-7-2-3-8-18(17)31-19/h2-8,13,19H,9-12,14H2,1H3,(H,23,28). The lowest BCUT2D eigenvalue weighted by Crippen LogP contribution is -2.55. The molecule has 0 aliphatic carbocycles. The van der Waals surface area contributed by atoms with Crippen LogP contribution in [-0.2, 0) is 9.53 Å². The number of hydrogen-bond acceptors (Lipinski definition) is 6. The SMILES string of the molecule is COC(=O)c1cccc(NC(=O)N2CCN(C(=O)C3COc4ccccc4O3)CC2)c1. The molecule has 9 heteroatoms. The van der Waals surface area contributed by atoms with Crippen LogP contribution >= 0.6 is 0 Å². The highest BCUT2D eigenvalue weighted by Gasteiger charge is 2.33. The van der Waals surface area contributed by atoms with Crippen molar-refractivity contribution in [2.24, 2.45) is 0 Å². The van der Waals surface area contributed by atoms with E-state index in [-0.39, 0.29) is 18.5 Å². The third-order valence-corrected chi connectivity index (χ3v) is 5.20. The second kappa shape index (κ2) is 8.95. The van der Waals surface area contributed by atoms with Gasteiger partial charge in [-0.3, -0.25) is 4.79 Å². The van der Waals surface area contributed by atoms with Crippen LogP contribution in [0.2, 0.25) is 0 Å². The van der Waals surface area contributed by atoms with Crippen molar-refractivity contribution >= 4 is 23.6 Å². The van der Waals surface area contributed by atoms with E-state index >= 15 is 0 Å². The summed E-state index contributed by atoms with van der Waals surface area (Å²) in [5.41, 5.74) is 0.852. The predicted molar refractivity (Wildman–Crippen MR) is 111 cm³/mol. The number of fused-ring (bicyclic) bond motifs is 1. The van der Waals surface area contributed by atoms with Crippen LogP contribution in [-0.4, -0.2) is 73.7 Å². The van der Waals surface area contributed by atoms with E-state index in [1.54, 1.807) is 46.2 Å². The molecule has 0 saturated carbocycles. The van der Waals surface area contributed by atoms with Crippen molar-refractivity contribution in [1.29, 1.82) is 0 Å². The zero-order chi connectivity index (χ0) is 21.8. The molecule has 9 nitrogen and oxygen atoms in total. The number of hydrogen-bond donors (Lipinski definition) is 1. The number of rotatable bonds is 3. The number of carbonyl (C=O) groups is 3. The van der Waals surface area contributed by atoms with E-state index in [4.69, 9.17) is 14.2 Å². The fourth-order valence-corrected chi connectivity index (χ4v) is 3.52. The molecule has 2 aromatic rings. The lowest BCUT2D eigenvalue weighted by atomic mass is 10.2. The maximum atomic E-state index is 12.8. The monoisotopic (exact) mass is 425 g/mol. The van der Waals surface area contributed by atoms with Gasteiger partial charge in [0.15, 0.2) is 11.5 Å². The Bertz CT molecular complexity index is 987. The molecular weight excluding hydrogens is 402 g/mol. The number of ether oxygens (including phenoxy) is 3. The Hall–Kier alpha value is -3.75. The number of anilines is 1. The average molecular weight is 425 g/mol. The third kappa shape index (κ3) is 4.55. The topological polar surface area (TPSA) is 97.4 Å². The van der Waals surface area contributed by atoms with Crippen molar-refractivity contribution in [3.05, 3.63) is 54.1 Å². The molecule has 1 unspecified atom stereocenters. The molecule has 0 spiro atoms. The number of benzene rings is 2. The van der Waals surface area contributed by atoms with E-state index in [1.807, 2.05) is 12.1 Å². The molecule has 3 amide bonds. The van der Waals surface area contributed by atoms with Crippen molar-refractivity contribution in [2.45, 2.75) is 6.10 Å². The summed E-state index contributed by atoms with van der Waals surface area (Å²) >= 11 is 0. The Kier molecular flexibility index (Phi) is 5.92. The maximum Gasteiger partial charge on any atom is 0.337 e. The van der Waals surface area contributed by atoms with Crippen molar-refractivity contribution < 1.29 is 28.6 Å². The fraction of sp³-hybridized carbons (Fsp3) is 0.318. The molecule has 1 atom stereocenters. The van der Waals surface area contributed by atoms with E-state index < -0.39 is 12.1 Å². The van der Waals surface area contributed by atoms with Gasteiger partial charge in [-0.2, -0.15) is 0 Å². The van der Waals surface area contributed by atoms with Crippen LogP contribution in [0.1, 0.15) is 10.4 Å². The molecule has 31 heavy (non-hydrogen) atoms. The number of nitrogens with zero attached hydrogens (tertiary/aromatic N) is 2. The first kappa shape index (κ1) is 20.5. The van der Waals surface area contributed by atoms with Crippen LogP contribution in [0.3, 0.4) is 0 Å². The van der Waals surface area contributed by atoms with Crippen molar-refractivity contribution in [1.82, 2.24) is 9.80 Å². The van der Waals surface area contributed by atoms with Gasteiger partial charge < -0.3 is 29.3 Å². The van der Waals surface area contributed by atoms with E-state index in [2.05, 4.69) is 5.32 Å². The van der Waals surface area contributed by atoms with Gasteiger partial charge in [-0.15, -0.1) is 0 Å². The highest BCUT2D eigenvalue weighted by Crippen LogP contribution is 2.31. The van der Waals surface area contributed by atoms with Gasteiger partial charge >= 0.3 is 12.0 Å². The van der Waals surface area contributed by atoms with Crippen LogP contribution in [0.4, 0.5) is 10.5 Å². The van der Waals surface area contributed by atoms with Gasteiger partial charge in [0.05, 0.1) is 12.7 Å². The Morgan fingerprint density at radius 1 is 0.968 bits per heavy atom. The van der Waals surface area contributed by atoms with Crippen molar-refractivity contribution in [3.63, 3.8) is 0 Å². The normalized spacial score (nSPS) is 17.6. The van der Waals surface area contributed by atoms with Crippen LogP contribution in [0.5, 0.6) is 11.5 Å². The summed E-state index contributed by atoms with van der Waals surface area (Å²) in [5.74, 6) is 0.559. The minimum Gasteiger partial charge on any atom is -0.485 e. The molecule has 2 aromatic carbocycles. The largest absolute Gasteiger partial charge is 0.485 e. The summed E-state index contributed by atoms with van der Waals surface area (Å²) in [6.45, 7) is 1.73. The second-order valence-corrected chi connectivity index (χ2v) is 7.18. The summed E-state index contributed by atoms with van der Waals surface area (Å²) in [6, 6.07) is 13.5. The molecule has 2 heterocycles. The number of esters is 1. The first-order chi connectivity index (χ1) is 15.0. The fourth-order valence-electron chi connectivity index (χ4n) is 3.52. The number of urea groups is 1. The number of methoxy groups -OCH3 is 1. The zero-order valence-electron chi connectivity index (χ0n) is 17.1. The molecule has 4 rings (SSSR count). The first-order valence-electron chi connectivity index (χ1n) is 9.97. The summed E-state index contributed by atoms with van der Waals surface area (Å²) in [7, 11) is 1.30. The summed E-state index contributed by atoms with van der Waals surface area (Å²) in [6.07, 6.45) is -0.698. The third-order valence-electron chi connectivity index (χ3n) is 5.20. The predicted octanol–water partition coefficient (Wildman–Crippen LogP) is 1.99. The Morgan fingerprint density at radius 3 is 2.42 bits per heavy atom. The highest BCUT2D eigenvalue weighted by molar-refractivity contribution is 5.94. The smallest absolute Gasteiger partial charge is 0.337 e. The van der Waals surface area contributed by atoms with E-state index in [0.29, 0.717) is 48.9 Å². The number of piperazine rings is 1. The molecule has 2 aliphatic heterocycles. The number of para-hydroxylation sites is 2. The van der Waals surface area contributed by atoms with Crippen LogP contribution in [0.15, 0.2) is 48.5 Å². The minimum absolute atomic E-state index is 0.152. The van der Waals surface area contributed by atoms with E-state index in [0.717, 1.165) is 0 Å². The quantitative estimate of drug-likeness (QED) is 0.756. The number of carbonyl (C=O) groups excluding carboxylic acids is 3. The lowest BCUT2D eigenvalue weighted by molar-refractivity contribution is -0.142. The second-order valence-electron chi connectivity index (χ2n) is 7.18. The van der Waals surface area contributed by atoms with Gasteiger partial charge in [0.2, 0.25) is 6.10 Å². The molecule has 1 saturated heterocycles. The molecule has 1 N–H and O–H groups in total. The van der Waals surface area contributed by atoms with E-state index in [1.165, 1.54) is 7.11 Å². The van der Waals surface area contributed by atoms with Gasteiger partial charge in [-0.05, 0) is 30.3 Å². The minimum atomic E-state index is -0.698. The van der Waals surface area contributed by atoms with Crippen molar-refractivity contribution in [3.8, 4) is 11.5 Å². The molecule has 1 fully saturated rings. The van der Waals surface area contributed by atoms with Gasteiger partial charge in [0.25, 0.3) is 5.91 Å². The molecule has 0 radical (unpaired) electrons. The van der Waals surface area contributed by atoms with Gasteiger partial charge in [-0.1, -0.05) is 18.2 Å². The molecule has 2 aliphatic rings. The number of amides is 3. The van der Waals surface area contributed by atoms with Gasteiger partial charge in [0, 0.05) is 31.9 Å². The molecule has 0 bridgehead atoms. The van der Waals surface area contributed by atoms with Crippen molar-refractivity contribution in [2.75, 3.05) is 45.2 Å². The summed E-state index contributed by atoms with van der Waals surface area (Å²) in [5, 5.41) is 2.78. The molecular formula is C22H23N3O6. The van der Waals surface area contributed by atoms with E-state index in [9.17, 15) is 14.4 Å². The maximum absolute atomic E-state index is 12.8. The highest BCUT2D eigenvalue weighted by atomic mass is 16.6. The van der Waals surface area contributed by atoms with Crippen LogP contribution in [0, 0.1) is 0 Å². The average Bonchev–Trinajstić information content (AvgIpc) is 2.83. The molecule has 0 aromatic heterocycles. The van der Waals surface area contributed by atoms with Gasteiger partial charge in [0.1, 0.15) is 6.61 Å². The van der Waals surface area contributed by atoms with Crippen LogP contribution < -0.4 is 14.8 Å². The molecule has 162 valence electrons. The van der Waals surface area contributed by atoms with Gasteiger partial charge in [-0.25, -0.2) is 9.59 Å². The lowest BCUT2D eigenvalue weighted by Gasteiger charge is -2.37. The number of nitrogens with one attached hydrogen (secondary N) is 1. The first-order valence-corrected chi connectivity index (χ1v) is 9.97.